The predicted molar refractivity (Wildman–Crippen MR) is 75.5 cm³/mol. The fourth-order valence-corrected chi connectivity index (χ4v) is 4.18. The van der Waals surface area contributed by atoms with E-state index >= 15 is 0 Å². The SMILES string of the molecule is CS(=O)(=O)NC1CCCN(CC2(O)CCCCC2)C1. The quantitative estimate of drug-likeness (QED) is 0.799. The van der Waals surface area contributed by atoms with Crippen molar-refractivity contribution in [3.63, 3.8) is 0 Å². The first-order valence-corrected chi connectivity index (χ1v) is 9.18. The van der Waals surface area contributed by atoms with Gasteiger partial charge in [0.05, 0.1) is 11.9 Å². The highest BCUT2D eigenvalue weighted by Crippen LogP contribution is 2.29. The van der Waals surface area contributed by atoms with Crippen LogP contribution < -0.4 is 4.72 Å². The molecule has 0 aromatic rings. The first-order chi connectivity index (χ1) is 8.86. The van der Waals surface area contributed by atoms with E-state index in [9.17, 15) is 13.5 Å². The average molecular weight is 290 g/mol. The number of rotatable bonds is 4. The van der Waals surface area contributed by atoms with Crippen LogP contribution in [0.5, 0.6) is 0 Å². The minimum atomic E-state index is -3.13. The number of likely N-dealkylation sites (tertiary alicyclic amines) is 1. The molecule has 1 unspecified atom stereocenters. The summed E-state index contributed by atoms with van der Waals surface area (Å²) in [7, 11) is -3.13. The van der Waals surface area contributed by atoms with Gasteiger partial charge in [0.2, 0.25) is 10.0 Å². The van der Waals surface area contributed by atoms with E-state index < -0.39 is 15.6 Å². The van der Waals surface area contributed by atoms with Crippen molar-refractivity contribution >= 4 is 10.0 Å². The molecule has 2 fully saturated rings. The third-order valence-electron chi connectivity index (χ3n) is 4.19. The molecule has 6 heteroatoms. The molecule has 0 bridgehead atoms. The predicted octanol–water partition coefficient (Wildman–Crippen LogP) is 0.695. The lowest BCUT2D eigenvalue weighted by Crippen LogP contribution is -2.52. The van der Waals surface area contributed by atoms with Gasteiger partial charge in [-0.3, -0.25) is 4.90 Å². The van der Waals surface area contributed by atoms with E-state index in [2.05, 4.69) is 9.62 Å². The van der Waals surface area contributed by atoms with Gasteiger partial charge >= 0.3 is 0 Å². The van der Waals surface area contributed by atoms with Gasteiger partial charge in [-0.1, -0.05) is 19.3 Å². The molecule has 2 N–H and O–H groups in total. The van der Waals surface area contributed by atoms with E-state index in [1.165, 1.54) is 12.7 Å². The second-order valence-electron chi connectivity index (χ2n) is 6.25. The van der Waals surface area contributed by atoms with Gasteiger partial charge in [0, 0.05) is 19.1 Å². The number of aliphatic hydroxyl groups is 1. The van der Waals surface area contributed by atoms with Crippen LogP contribution in [0.25, 0.3) is 0 Å². The van der Waals surface area contributed by atoms with Crippen LogP contribution in [0.2, 0.25) is 0 Å². The third kappa shape index (κ3) is 5.02. The lowest BCUT2D eigenvalue weighted by atomic mass is 9.84. The molecule has 1 heterocycles. The van der Waals surface area contributed by atoms with E-state index in [-0.39, 0.29) is 6.04 Å². The fraction of sp³-hybridized carbons (Fsp3) is 1.00. The molecule has 1 aliphatic carbocycles. The van der Waals surface area contributed by atoms with Crippen molar-refractivity contribution < 1.29 is 13.5 Å². The summed E-state index contributed by atoms with van der Waals surface area (Å²) in [5, 5.41) is 10.6. The van der Waals surface area contributed by atoms with E-state index in [4.69, 9.17) is 0 Å². The topological polar surface area (TPSA) is 69.6 Å². The molecule has 1 saturated carbocycles. The van der Waals surface area contributed by atoms with Crippen LogP contribution in [-0.2, 0) is 10.0 Å². The van der Waals surface area contributed by atoms with Gasteiger partial charge in [-0.15, -0.1) is 0 Å². The molecule has 0 amide bonds. The number of nitrogens with zero attached hydrogens (tertiary/aromatic N) is 1. The Hall–Kier alpha value is -0.170. The molecule has 5 nitrogen and oxygen atoms in total. The van der Waals surface area contributed by atoms with E-state index in [1.54, 1.807) is 0 Å². The first kappa shape index (κ1) is 15.2. The Labute approximate surface area is 116 Å². The zero-order valence-electron chi connectivity index (χ0n) is 11.8. The highest BCUT2D eigenvalue weighted by molar-refractivity contribution is 7.88. The maximum Gasteiger partial charge on any atom is 0.208 e. The molecule has 19 heavy (non-hydrogen) atoms. The Kier molecular flexibility index (Phi) is 4.87. The number of sulfonamides is 1. The number of β-amino-alcohol motifs (C(OH)–C–C–N with tert-alkyl or cyclic N) is 1. The monoisotopic (exact) mass is 290 g/mol. The number of nitrogens with one attached hydrogen (secondary N) is 1. The molecule has 2 rings (SSSR count). The maximum atomic E-state index is 11.3. The van der Waals surface area contributed by atoms with E-state index in [1.807, 2.05) is 0 Å². The Balaban J connectivity index is 1.87. The Morgan fingerprint density at radius 2 is 1.95 bits per heavy atom. The molecule has 1 atom stereocenters. The number of hydrogen-bond acceptors (Lipinski definition) is 4. The summed E-state index contributed by atoms with van der Waals surface area (Å²) in [6, 6.07) is -0.00376. The fourth-order valence-electron chi connectivity index (χ4n) is 3.38. The molecular formula is C13H26N2O3S. The second-order valence-corrected chi connectivity index (χ2v) is 8.03. The Morgan fingerprint density at radius 1 is 1.26 bits per heavy atom. The van der Waals surface area contributed by atoms with Crippen LogP contribution in [0, 0.1) is 0 Å². The lowest BCUT2D eigenvalue weighted by molar-refractivity contribution is -0.0315. The third-order valence-corrected chi connectivity index (χ3v) is 4.95. The molecule has 0 spiro atoms. The molecule has 0 aromatic heterocycles. The van der Waals surface area contributed by atoms with Crippen molar-refractivity contribution in [2.45, 2.75) is 56.6 Å². The van der Waals surface area contributed by atoms with Crippen LogP contribution >= 0.6 is 0 Å². The zero-order valence-corrected chi connectivity index (χ0v) is 12.6. The largest absolute Gasteiger partial charge is 0.389 e. The smallest absolute Gasteiger partial charge is 0.208 e. The molecule has 1 saturated heterocycles. The van der Waals surface area contributed by atoms with Crippen LogP contribution in [0.15, 0.2) is 0 Å². The van der Waals surface area contributed by atoms with Gasteiger partial charge < -0.3 is 5.11 Å². The minimum Gasteiger partial charge on any atom is -0.389 e. The molecule has 112 valence electrons. The van der Waals surface area contributed by atoms with Crippen LogP contribution in [0.1, 0.15) is 44.9 Å². The molecule has 1 aliphatic heterocycles. The summed E-state index contributed by atoms with van der Waals surface area (Å²) in [6.07, 6.45) is 8.29. The van der Waals surface area contributed by atoms with Gasteiger partial charge in [-0.05, 0) is 32.2 Å². The lowest BCUT2D eigenvalue weighted by Gasteiger charge is -2.40. The van der Waals surface area contributed by atoms with Crippen molar-refractivity contribution in [3.8, 4) is 0 Å². The standard InChI is InChI=1S/C13H26N2O3S/c1-19(17,18)14-12-6-5-9-15(10-12)11-13(16)7-3-2-4-8-13/h12,14,16H,2-11H2,1H3. The molecule has 2 aliphatic rings. The Morgan fingerprint density at radius 3 is 2.58 bits per heavy atom. The molecule has 0 radical (unpaired) electrons. The van der Waals surface area contributed by atoms with Crippen molar-refractivity contribution in [1.82, 2.24) is 9.62 Å². The van der Waals surface area contributed by atoms with Crippen molar-refractivity contribution in [3.05, 3.63) is 0 Å². The first-order valence-electron chi connectivity index (χ1n) is 7.28. The maximum absolute atomic E-state index is 11.3. The highest BCUT2D eigenvalue weighted by atomic mass is 32.2. The Bertz CT molecular complexity index is 391. The van der Waals surface area contributed by atoms with E-state index in [0.717, 1.165) is 51.6 Å². The van der Waals surface area contributed by atoms with Gasteiger partial charge in [0.25, 0.3) is 0 Å². The highest BCUT2D eigenvalue weighted by Gasteiger charge is 2.33. The van der Waals surface area contributed by atoms with Crippen molar-refractivity contribution in [1.29, 1.82) is 0 Å². The van der Waals surface area contributed by atoms with Gasteiger partial charge in [-0.2, -0.15) is 0 Å². The minimum absolute atomic E-state index is 0.00376. The molecule has 0 aromatic carbocycles. The van der Waals surface area contributed by atoms with Crippen molar-refractivity contribution in [2.75, 3.05) is 25.9 Å². The summed E-state index contributed by atoms with van der Waals surface area (Å²) in [5.74, 6) is 0. The molecular weight excluding hydrogens is 264 g/mol. The summed E-state index contributed by atoms with van der Waals surface area (Å²) in [4.78, 5) is 2.22. The van der Waals surface area contributed by atoms with Crippen LogP contribution in [-0.4, -0.2) is 56.0 Å². The number of piperidine rings is 1. The summed E-state index contributed by atoms with van der Waals surface area (Å²) in [6.45, 7) is 2.37. The van der Waals surface area contributed by atoms with Crippen molar-refractivity contribution in [2.24, 2.45) is 0 Å². The van der Waals surface area contributed by atoms with Gasteiger partial charge in [0.1, 0.15) is 0 Å². The number of hydrogen-bond donors (Lipinski definition) is 2. The summed E-state index contributed by atoms with van der Waals surface area (Å²) in [5.41, 5.74) is -0.550. The summed E-state index contributed by atoms with van der Waals surface area (Å²) < 4.78 is 25.2. The van der Waals surface area contributed by atoms with Crippen LogP contribution in [0.3, 0.4) is 0 Å². The van der Waals surface area contributed by atoms with Crippen LogP contribution in [0.4, 0.5) is 0 Å². The van der Waals surface area contributed by atoms with Gasteiger partial charge in [-0.25, -0.2) is 13.1 Å². The summed E-state index contributed by atoms with van der Waals surface area (Å²) >= 11 is 0. The second kappa shape index (κ2) is 6.08. The zero-order chi connectivity index (χ0) is 13.9. The van der Waals surface area contributed by atoms with Gasteiger partial charge in [0.15, 0.2) is 0 Å². The average Bonchev–Trinajstić information content (AvgIpc) is 2.27. The normalized spacial score (nSPS) is 29.3. The van der Waals surface area contributed by atoms with E-state index in [0.29, 0.717) is 6.54 Å².